The van der Waals surface area contributed by atoms with Gasteiger partial charge in [0, 0.05) is 5.56 Å². The van der Waals surface area contributed by atoms with Gasteiger partial charge in [-0.2, -0.15) is 5.10 Å². The quantitative estimate of drug-likeness (QED) is 0.761. The molecule has 0 spiro atoms. The van der Waals surface area contributed by atoms with Crippen LogP contribution in [0.3, 0.4) is 0 Å². The van der Waals surface area contributed by atoms with E-state index in [1.807, 2.05) is 30.3 Å². The van der Waals surface area contributed by atoms with Crippen molar-refractivity contribution in [2.75, 3.05) is 5.73 Å². The van der Waals surface area contributed by atoms with Crippen molar-refractivity contribution in [2.45, 2.75) is 0 Å². The molecule has 94 valence electrons. The second-order valence-electron chi connectivity index (χ2n) is 4.20. The fourth-order valence-corrected chi connectivity index (χ4v) is 1.97. The van der Waals surface area contributed by atoms with Crippen LogP contribution in [0.1, 0.15) is 0 Å². The molecule has 19 heavy (non-hydrogen) atoms. The Balaban J connectivity index is 2.10. The highest BCUT2D eigenvalue weighted by Crippen LogP contribution is 2.25. The van der Waals surface area contributed by atoms with Crippen molar-refractivity contribution in [1.29, 1.82) is 0 Å². The third-order valence-corrected chi connectivity index (χ3v) is 2.89. The minimum Gasteiger partial charge on any atom is -0.396 e. The summed E-state index contributed by atoms with van der Waals surface area (Å²) in [6, 6.07) is 16.1. The molecule has 3 aromatic rings. The highest BCUT2D eigenvalue weighted by Gasteiger charge is 2.11. The van der Waals surface area contributed by atoms with E-state index in [9.17, 15) is 4.39 Å². The summed E-state index contributed by atoms with van der Waals surface area (Å²) >= 11 is 0. The van der Waals surface area contributed by atoms with E-state index in [0.29, 0.717) is 17.1 Å². The number of aromatic nitrogens is 2. The lowest BCUT2D eigenvalue weighted by atomic mass is 10.1. The van der Waals surface area contributed by atoms with Gasteiger partial charge < -0.3 is 5.73 Å². The first kappa shape index (κ1) is 11.5. The Bertz CT molecular complexity index is 704. The molecule has 2 N–H and O–H groups in total. The predicted octanol–water partition coefficient (Wildman–Crippen LogP) is 3.26. The second-order valence-corrected chi connectivity index (χ2v) is 4.20. The Hall–Kier alpha value is -2.62. The number of anilines is 1. The van der Waals surface area contributed by atoms with Gasteiger partial charge >= 0.3 is 0 Å². The van der Waals surface area contributed by atoms with Gasteiger partial charge in [-0.15, -0.1) is 0 Å². The largest absolute Gasteiger partial charge is 0.396 e. The minimum atomic E-state index is -0.329. The minimum absolute atomic E-state index is 0.329. The number of nitrogen functional groups attached to an aromatic ring is 1. The predicted molar refractivity (Wildman–Crippen MR) is 73.4 cm³/mol. The van der Waals surface area contributed by atoms with Crippen LogP contribution < -0.4 is 5.73 Å². The average molecular weight is 253 g/mol. The first-order valence-corrected chi connectivity index (χ1v) is 5.91. The lowest BCUT2D eigenvalue weighted by Gasteiger charge is -2.01. The molecule has 1 heterocycles. The number of rotatable bonds is 2. The zero-order chi connectivity index (χ0) is 13.2. The lowest BCUT2D eigenvalue weighted by molar-refractivity contribution is 0.611. The Morgan fingerprint density at radius 3 is 2.37 bits per heavy atom. The number of hydrogen-bond donors (Lipinski definition) is 1. The summed E-state index contributed by atoms with van der Waals surface area (Å²) < 4.78 is 15.2. The molecular formula is C15H12FN3. The third kappa shape index (κ3) is 2.08. The molecule has 0 aliphatic carbocycles. The van der Waals surface area contributed by atoms with Crippen LogP contribution in [0, 0.1) is 5.82 Å². The molecule has 0 saturated carbocycles. The van der Waals surface area contributed by atoms with Crippen molar-refractivity contribution < 1.29 is 4.39 Å². The first-order valence-electron chi connectivity index (χ1n) is 5.91. The van der Waals surface area contributed by atoms with Crippen molar-refractivity contribution in [3.8, 4) is 16.9 Å². The standard InChI is InChI=1S/C15H12FN3/c16-12-8-4-5-9-14(12)19-10-13(17)15(18-19)11-6-2-1-3-7-11/h1-10H,17H2. The van der Waals surface area contributed by atoms with Gasteiger partial charge in [0.15, 0.2) is 0 Å². The molecule has 0 aliphatic heterocycles. The van der Waals surface area contributed by atoms with E-state index in [2.05, 4.69) is 5.10 Å². The maximum Gasteiger partial charge on any atom is 0.148 e. The van der Waals surface area contributed by atoms with Crippen molar-refractivity contribution >= 4 is 5.69 Å². The van der Waals surface area contributed by atoms with Gasteiger partial charge in [-0.05, 0) is 12.1 Å². The van der Waals surface area contributed by atoms with E-state index in [1.54, 1.807) is 24.4 Å². The van der Waals surface area contributed by atoms with E-state index in [0.717, 1.165) is 5.56 Å². The molecule has 0 fully saturated rings. The maximum absolute atomic E-state index is 13.7. The molecule has 0 amide bonds. The fourth-order valence-electron chi connectivity index (χ4n) is 1.97. The summed E-state index contributed by atoms with van der Waals surface area (Å²) in [7, 11) is 0. The van der Waals surface area contributed by atoms with Crippen LogP contribution >= 0.6 is 0 Å². The number of nitrogens with two attached hydrogens (primary N) is 1. The molecule has 3 nitrogen and oxygen atoms in total. The zero-order valence-corrected chi connectivity index (χ0v) is 10.1. The summed E-state index contributed by atoms with van der Waals surface area (Å²) in [5.41, 5.74) is 8.43. The molecule has 1 aromatic heterocycles. The zero-order valence-electron chi connectivity index (χ0n) is 10.1. The number of nitrogens with zero attached hydrogens (tertiary/aromatic N) is 2. The Morgan fingerprint density at radius 2 is 1.63 bits per heavy atom. The van der Waals surface area contributed by atoms with Crippen molar-refractivity contribution in [3.63, 3.8) is 0 Å². The van der Waals surface area contributed by atoms with Gasteiger partial charge in [0.25, 0.3) is 0 Å². The van der Waals surface area contributed by atoms with E-state index in [-0.39, 0.29) is 5.82 Å². The van der Waals surface area contributed by atoms with E-state index in [4.69, 9.17) is 5.73 Å². The van der Waals surface area contributed by atoms with Crippen LogP contribution in [0.25, 0.3) is 16.9 Å². The van der Waals surface area contributed by atoms with Crippen LogP contribution in [0.5, 0.6) is 0 Å². The van der Waals surface area contributed by atoms with Gasteiger partial charge in [0.05, 0.1) is 11.9 Å². The van der Waals surface area contributed by atoms with Crippen molar-refractivity contribution in [2.24, 2.45) is 0 Å². The monoisotopic (exact) mass is 253 g/mol. The van der Waals surface area contributed by atoms with Crippen molar-refractivity contribution in [1.82, 2.24) is 9.78 Å². The molecule has 0 aliphatic rings. The smallest absolute Gasteiger partial charge is 0.148 e. The number of halogens is 1. The van der Waals surface area contributed by atoms with Crippen LogP contribution in [0.15, 0.2) is 60.8 Å². The summed E-state index contributed by atoms with van der Waals surface area (Å²) in [5, 5.41) is 4.36. The van der Waals surface area contributed by atoms with Gasteiger partial charge in [-0.1, -0.05) is 42.5 Å². The average Bonchev–Trinajstić information content (AvgIpc) is 2.82. The molecular weight excluding hydrogens is 241 g/mol. The van der Waals surface area contributed by atoms with E-state index >= 15 is 0 Å². The van der Waals surface area contributed by atoms with Crippen LogP contribution in [-0.2, 0) is 0 Å². The van der Waals surface area contributed by atoms with Gasteiger partial charge in [-0.25, -0.2) is 9.07 Å². The summed E-state index contributed by atoms with van der Waals surface area (Å²) in [6.07, 6.45) is 1.63. The fraction of sp³-hybridized carbons (Fsp3) is 0. The normalized spacial score (nSPS) is 10.6. The molecule has 2 aromatic carbocycles. The van der Waals surface area contributed by atoms with Crippen LogP contribution in [-0.4, -0.2) is 9.78 Å². The third-order valence-electron chi connectivity index (χ3n) is 2.89. The topological polar surface area (TPSA) is 43.8 Å². The Labute approximate surface area is 110 Å². The number of hydrogen-bond acceptors (Lipinski definition) is 2. The molecule has 0 atom stereocenters. The molecule has 0 bridgehead atoms. The Kier molecular flexibility index (Phi) is 2.76. The van der Waals surface area contributed by atoms with E-state index < -0.39 is 0 Å². The number of benzene rings is 2. The molecule has 0 radical (unpaired) electrons. The van der Waals surface area contributed by atoms with Crippen molar-refractivity contribution in [3.05, 3.63) is 66.6 Å². The lowest BCUT2D eigenvalue weighted by Crippen LogP contribution is -1.97. The van der Waals surface area contributed by atoms with Crippen LogP contribution in [0.4, 0.5) is 10.1 Å². The molecule has 0 saturated heterocycles. The van der Waals surface area contributed by atoms with Gasteiger partial charge in [0.1, 0.15) is 17.2 Å². The highest BCUT2D eigenvalue weighted by atomic mass is 19.1. The molecule has 0 unspecified atom stereocenters. The van der Waals surface area contributed by atoms with Gasteiger partial charge in [-0.3, -0.25) is 0 Å². The van der Waals surface area contributed by atoms with E-state index in [1.165, 1.54) is 10.7 Å². The first-order chi connectivity index (χ1) is 9.25. The molecule has 3 rings (SSSR count). The Morgan fingerprint density at radius 1 is 0.947 bits per heavy atom. The maximum atomic E-state index is 13.7. The van der Waals surface area contributed by atoms with Crippen LogP contribution in [0.2, 0.25) is 0 Å². The summed E-state index contributed by atoms with van der Waals surface area (Å²) in [4.78, 5) is 0. The number of para-hydroxylation sites is 1. The SMILES string of the molecule is Nc1cn(-c2ccccc2F)nc1-c1ccccc1. The summed E-state index contributed by atoms with van der Waals surface area (Å²) in [5.74, 6) is -0.329. The summed E-state index contributed by atoms with van der Waals surface area (Å²) in [6.45, 7) is 0. The van der Waals surface area contributed by atoms with Gasteiger partial charge in [0.2, 0.25) is 0 Å². The highest BCUT2D eigenvalue weighted by molar-refractivity contribution is 5.72. The second kappa shape index (κ2) is 4.57. The molecule has 4 heteroatoms.